The average molecular weight is 474 g/mol. The molecule has 5 rings (SSSR count). The van der Waals surface area contributed by atoms with Crippen LogP contribution in [0.3, 0.4) is 0 Å². The van der Waals surface area contributed by atoms with Crippen LogP contribution in [0.1, 0.15) is 56.1 Å². The molecule has 0 N–H and O–H groups in total. The molecule has 1 atom stereocenters. The monoisotopic (exact) mass is 473 g/mol. The predicted octanol–water partition coefficient (Wildman–Crippen LogP) is 2.86. The highest BCUT2D eigenvalue weighted by Crippen LogP contribution is 2.37. The minimum atomic E-state index is -3.15. The molecule has 2 aromatic rings. The maximum absolute atomic E-state index is 11.7. The number of anilines is 1. The van der Waals surface area contributed by atoms with E-state index in [1.165, 1.54) is 16.1 Å². The summed E-state index contributed by atoms with van der Waals surface area (Å²) in [7, 11) is -3.15. The van der Waals surface area contributed by atoms with Crippen molar-refractivity contribution in [2.24, 2.45) is 5.92 Å². The minimum absolute atomic E-state index is 0.161. The lowest BCUT2D eigenvalue weighted by molar-refractivity contribution is 0.137. The molecular formula is C23H31N5O4S. The minimum Gasteiger partial charge on any atom is -0.488 e. The highest BCUT2D eigenvalue weighted by atomic mass is 32.2. The number of hydrogen-bond acceptors (Lipinski definition) is 8. The van der Waals surface area contributed by atoms with E-state index < -0.39 is 10.0 Å². The van der Waals surface area contributed by atoms with E-state index in [0.29, 0.717) is 31.4 Å². The number of piperidine rings is 1. The van der Waals surface area contributed by atoms with Gasteiger partial charge in [-0.1, -0.05) is 25.1 Å². The van der Waals surface area contributed by atoms with E-state index >= 15 is 0 Å². The zero-order valence-electron chi connectivity index (χ0n) is 19.4. The molecule has 1 saturated heterocycles. The van der Waals surface area contributed by atoms with Gasteiger partial charge in [0.2, 0.25) is 10.0 Å². The first-order chi connectivity index (χ1) is 15.8. The quantitative estimate of drug-likeness (QED) is 0.653. The molecule has 3 aliphatic heterocycles. The van der Waals surface area contributed by atoms with Crippen LogP contribution in [0, 0.1) is 5.92 Å². The number of hydrogen-bond donors (Lipinski definition) is 0. The van der Waals surface area contributed by atoms with Crippen molar-refractivity contribution in [2.75, 3.05) is 37.3 Å². The summed E-state index contributed by atoms with van der Waals surface area (Å²) in [6.45, 7) is 6.79. The van der Waals surface area contributed by atoms with Gasteiger partial charge in [0.25, 0.3) is 0 Å². The van der Waals surface area contributed by atoms with E-state index in [9.17, 15) is 8.42 Å². The molecule has 5 heterocycles. The Balaban J connectivity index is 1.20. The van der Waals surface area contributed by atoms with Crippen molar-refractivity contribution >= 4 is 21.6 Å². The van der Waals surface area contributed by atoms with Crippen molar-refractivity contribution in [2.45, 2.75) is 51.6 Å². The van der Waals surface area contributed by atoms with Gasteiger partial charge < -0.3 is 14.2 Å². The van der Waals surface area contributed by atoms with Crippen LogP contribution in [0.15, 0.2) is 22.9 Å². The molecule has 0 radical (unpaired) electrons. The van der Waals surface area contributed by atoms with Gasteiger partial charge >= 0.3 is 6.01 Å². The summed E-state index contributed by atoms with van der Waals surface area (Å²) in [5.41, 5.74) is 3.23. The third-order valence-corrected chi connectivity index (χ3v) is 8.17. The van der Waals surface area contributed by atoms with Gasteiger partial charge in [-0.25, -0.2) is 8.42 Å². The Labute approximate surface area is 194 Å². The van der Waals surface area contributed by atoms with E-state index in [0.717, 1.165) is 55.2 Å². The molecule has 0 saturated carbocycles. The molecule has 2 aromatic heterocycles. The first-order valence-corrected chi connectivity index (χ1v) is 13.5. The molecule has 0 spiro atoms. The van der Waals surface area contributed by atoms with Crippen LogP contribution in [0.5, 0.6) is 5.75 Å². The number of rotatable bonds is 5. The van der Waals surface area contributed by atoms with E-state index in [2.05, 4.69) is 39.9 Å². The lowest BCUT2D eigenvalue weighted by atomic mass is 9.89. The molecule has 1 fully saturated rings. The second kappa shape index (κ2) is 8.72. The lowest BCUT2D eigenvalue weighted by Gasteiger charge is -2.33. The van der Waals surface area contributed by atoms with Crippen molar-refractivity contribution in [3.63, 3.8) is 0 Å². The zero-order chi connectivity index (χ0) is 23.2. The summed E-state index contributed by atoms with van der Waals surface area (Å²) in [5.74, 6) is 2.36. The van der Waals surface area contributed by atoms with E-state index in [-0.39, 0.29) is 12.0 Å². The third-order valence-electron chi connectivity index (χ3n) is 6.90. The van der Waals surface area contributed by atoms with E-state index in [1.807, 2.05) is 12.3 Å². The molecule has 1 unspecified atom stereocenters. The smallest absolute Gasteiger partial charge is 0.324 e. The Morgan fingerprint density at radius 3 is 2.61 bits per heavy atom. The number of fused-ring (bicyclic) bond motifs is 1. The fraction of sp³-hybridized carbons (Fsp3) is 0.609. The Morgan fingerprint density at radius 2 is 1.97 bits per heavy atom. The maximum atomic E-state index is 11.7. The van der Waals surface area contributed by atoms with Crippen molar-refractivity contribution < 1.29 is 17.7 Å². The Hall–Kier alpha value is -2.46. The molecule has 0 amide bonds. The third kappa shape index (κ3) is 4.63. The molecule has 33 heavy (non-hydrogen) atoms. The molecule has 178 valence electrons. The van der Waals surface area contributed by atoms with Crippen LogP contribution in [0.2, 0.25) is 0 Å². The van der Waals surface area contributed by atoms with Crippen molar-refractivity contribution in [3.8, 4) is 5.75 Å². The summed E-state index contributed by atoms with van der Waals surface area (Å²) in [5, 5.41) is 4.08. The zero-order valence-corrected chi connectivity index (χ0v) is 20.2. The summed E-state index contributed by atoms with van der Waals surface area (Å²) in [4.78, 5) is 11.3. The van der Waals surface area contributed by atoms with Gasteiger partial charge in [-0.05, 0) is 36.8 Å². The second-order valence-corrected chi connectivity index (χ2v) is 11.5. The summed E-state index contributed by atoms with van der Waals surface area (Å²) in [6.07, 6.45) is 8.82. The second-order valence-electron chi connectivity index (χ2n) is 9.55. The molecule has 0 aliphatic carbocycles. The number of pyridine rings is 1. The number of ether oxygens (including phenoxy) is 1. The standard InChI is InChI=1S/C23H31N5O4S/c1-15(2)22-25-23(32-26-22)27-8-4-17(5-9-27)20-13-18-12-19(24-14-21(18)31-20)16-6-10-28(11-7-16)33(3,29)30/h6,12,14-15,17,20H,4-5,7-11,13H2,1-3H3. The van der Waals surface area contributed by atoms with Gasteiger partial charge in [0, 0.05) is 44.1 Å². The molecule has 0 bridgehead atoms. The summed E-state index contributed by atoms with van der Waals surface area (Å²) in [6, 6.07) is 2.75. The fourth-order valence-corrected chi connectivity index (χ4v) is 5.61. The normalized spacial score (nSPS) is 22.4. The molecule has 0 aromatic carbocycles. The largest absolute Gasteiger partial charge is 0.488 e. The number of nitrogens with zero attached hydrogens (tertiary/aromatic N) is 5. The van der Waals surface area contributed by atoms with Crippen LogP contribution in [0.4, 0.5) is 6.01 Å². The molecule has 9 nitrogen and oxygen atoms in total. The molecular weight excluding hydrogens is 442 g/mol. The Kier molecular flexibility index (Phi) is 5.90. The van der Waals surface area contributed by atoms with Crippen molar-refractivity contribution in [1.82, 2.24) is 19.4 Å². The Bertz CT molecular complexity index is 1150. The van der Waals surface area contributed by atoms with Crippen LogP contribution >= 0.6 is 0 Å². The Morgan fingerprint density at radius 1 is 1.18 bits per heavy atom. The van der Waals surface area contributed by atoms with Crippen LogP contribution in [-0.4, -0.2) is 66.4 Å². The average Bonchev–Trinajstić information content (AvgIpc) is 3.46. The SMILES string of the molecule is CC(C)c1noc(N2CCC(C3Cc4cc(C5=CCN(S(C)(=O)=O)CC5)ncc4O3)CC2)n1. The van der Waals surface area contributed by atoms with Gasteiger partial charge in [-0.2, -0.15) is 9.29 Å². The fourth-order valence-electron chi connectivity index (χ4n) is 4.85. The lowest BCUT2D eigenvalue weighted by Crippen LogP contribution is -2.39. The molecule has 3 aliphatic rings. The topological polar surface area (TPSA) is 102 Å². The van der Waals surface area contributed by atoms with Crippen LogP contribution in [0.25, 0.3) is 5.57 Å². The van der Waals surface area contributed by atoms with E-state index in [4.69, 9.17) is 9.26 Å². The maximum Gasteiger partial charge on any atom is 0.324 e. The van der Waals surface area contributed by atoms with Gasteiger partial charge in [0.15, 0.2) is 5.82 Å². The van der Waals surface area contributed by atoms with Crippen molar-refractivity contribution in [1.29, 1.82) is 0 Å². The summed E-state index contributed by atoms with van der Waals surface area (Å²) < 4.78 is 36.7. The van der Waals surface area contributed by atoms with Crippen molar-refractivity contribution in [3.05, 3.63) is 35.4 Å². The first-order valence-electron chi connectivity index (χ1n) is 11.7. The van der Waals surface area contributed by atoms with Crippen LogP contribution in [-0.2, 0) is 16.4 Å². The first kappa shape index (κ1) is 22.3. The highest BCUT2D eigenvalue weighted by molar-refractivity contribution is 7.88. The van der Waals surface area contributed by atoms with Gasteiger partial charge in [0.05, 0.1) is 18.1 Å². The van der Waals surface area contributed by atoms with Crippen LogP contribution < -0.4 is 9.64 Å². The molecule has 10 heteroatoms. The van der Waals surface area contributed by atoms with Gasteiger partial charge in [-0.15, -0.1) is 0 Å². The summed E-state index contributed by atoms with van der Waals surface area (Å²) >= 11 is 0. The number of sulfonamides is 1. The van der Waals surface area contributed by atoms with Gasteiger partial charge in [0.1, 0.15) is 11.9 Å². The number of aromatic nitrogens is 3. The predicted molar refractivity (Wildman–Crippen MR) is 125 cm³/mol. The van der Waals surface area contributed by atoms with E-state index in [1.54, 1.807) is 0 Å². The highest BCUT2D eigenvalue weighted by Gasteiger charge is 2.34. The van der Waals surface area contributed by atoms with Gasteiger partial charge in [-0.3, -0.25) is 4.98 Å².